The molecule has 7 heteroatoms. The number of hydrogen-bond acceptors (Lipinski definition) is 3. The fourth-order valence-electron chi connectivity index (χ4n) is 1.82. The normalized spacial score (nSPS) is 13.2. The molecule has 2 atom stereocenters. The van der Waals surface area contributed by atoms with E-state index in [9.17, 15) is 14.9 Å². The highest BCUT2D eigenvalue weighted by molar-refractivity contribution is 9.12. The Balaban J connectivity index is 2.03. The van der Waals surface area contributed by atoms with Crippen LogP contribution in [-0.2, 0) is 4.79 Å². The number of halogens is 2. The summed E-state index contributed by atoms with van der Waals surface area (Å²) in [6.45, 7) is 0. The van der Waals surface area contributed by atoms with Crippen molar-refractivity contribution in [1.82, 2.24) is 0 Å². The monoisotopic (exact) mass is 426 g/mol. The highest BCUT2D eigenvalue weighted by Crippen LogP contribution is 2.31. The molecule has 114 valence electrons. The molecule has 0 saturated heterocycles. The first kappa shape index (κ1) is 16.6. The van der Waals surface area contributed by atoms with Crippen LogP contribution in [0.4, 0.5) is 11.4 Å². The van der Waals surface area contributed by atoms with Gasteiger partial charge in [0, 0.05) is 17.8 Å². The maximum Gasteiger partial charge on any atom is 0.269 e. The minimum absolute atomic E-state index is 0.0176. The molecule has 22 heavy (non-hydrogen) atoms. The lowest BCUT2D eigenvalue weighted by atomic mass is 10.1. The van der Waals surface area contributed by atoms with Crippen LogP contribution in [0.3, 0.4) is 0 Å². The number of benzene rings is 2. The van der Waals surface area contributed by atoms with E-state index in [1.54, 1.807) is 0 Å². The van der Waals surface area contributed by atoms with Crippen molar-refractivity contribution in [2.45, 2.75) is 9.65 Å². The summed E-state index contributed by atoms with van der Waals surface area (Å²) < 4.78 is 0. The van der Waals surface area contributed by atoms with Crippen LogP contribution in [0.2, 0.25) is 0 Å². The van der Waals surface area contributed by atoms with Crippen LogP contribution >= 0.6 is 31.9 Å². The van der Waals surface area contributed by atoms with Gasteiger partial charge in [0.05, 0.1) is 9.75 Å². The molecule has 2 aromatic rings. The van der Waals surface area contributed by atoms with Crippen LogP contribution in [0.5, 0.6) is 0 Å². The second kappa shape index (κ2) is 7.51. The van der Waals surface area contributed by atoms with Gasteiger partial charge in [-0.05, 0) is 17.7 Å². The number of rotatable bonds is 5. The molecular formula is C15H12Br2N2O3. The number of carbonyl (C=O) groups is 1. The van der Waals surface area contributed by atoms with Crippen molar-refractivity contribution in [1.29, 1.82) is 0 Å². The van der Waals surface area contributed by atoms with E-state index < -0.39 is 9.75 Å². The van der Waals surface area contributed by atoms with Crippen LogP contribution in [0.15, 0.2) is 54.6 Å². The summed E-state index contributed by atoms with van der Waals surface area (Å²) >= 11 is 6.87. The Kier molecular flexibility index (Phi) is 5.68. The van der Waals surface area contributed by atoms with E-state index >= 15 is 0 Å². The first-order valence-electron chi connectivity index (χ1n) is 6.37. The van der Waals surface area contributed by atoms with Gasteiger partial charge < -0.3 is 5.32 Å². The first-order valence-corrected chi connectivity index (χ1v) is 8.20. The van der Waals surface area contributed by atoms with E-state index in [4.69, 9.17) is 0 Å². The molecular weight excluding hydrogens is 416 g/mol. The highest BCUT2D eigenvalue weighted by atomic mass is 79.9. The smallest absolute Gasteiger partial charge is 0.269 e. The molecule has 0 bridgehead atoms. The summed E-state index contributed by atoms with van der Waals surface area (Å²) in [7, 11) is 0. The van der Waals surface area contributed by atoms with E-state index in [0.717, 1.165) is 5.56 Å². The van der Waals surface area contributed by atoms with E-state index in [1.165, 1.54) is 24.3 Å². The number of non-ortho nitro benzene ring substituents is 1. The Bertz CT molecular complexity index is 662. The zero-order valence-corrected chi connectivity index (χ0v) is 14.5. The average Bonchev–Trinajstić information content (AvgIpc) is 2.54. The van der Waals surface area contributed by atoms with Crippen molar-refractivity contribution in [3.63, 3.8) is 0 Å². The maximum absolute atomic E-state index is 12.2. The van der Waals surface area contributed by atoms with Crippen LogP contribution in [0.25, 0.3) is 0 Å². The Labute approximate surface area is 144 Å². The van der Waals surface area contributed by atoms with Crippen molar-refractivity contribution in [3.05, 3.63) is 70.3 Å². The topological polar surface area (TPSA) is 72.2 Å². The fraction of sp³-hybridized carbons (Fsp3) is 0.133. The SMILES string of the molecule is O=C(Nc1ccc([N+](=O)[O-])cc1)C(Br)C(Br)c1ccccc1. The summed E-state index contributed by atoms with van der Waals surface area (Å²) in [5.41, 5.74) is 1.46. The van der Waals surface area contributed by atoms with Gasteiger partial charge >= 0.3 is 0 Å². The fourth-order valence-corrected chi connectivity index (χ4v) is 2.78. The largest absolute Gasteiger partial charge is 0.325 e. The number of carbonyl (C=O) groups excluding carboxylic acids is 1. The summed E-state index contributed by atoms with van der Waals surface area (Å²) in [5, 5.41) is 13.3. The second-order valence-corrected chi connectivity index (χ2v) is 6.48. The molecule has 1 amide bonds. The number of hydrogen-bond donors (Lipinski definition) is 1. The van der Waals surface area contributed by atoms with Crippen molar-refractivity contribution in [2.75, 3.05) is 5.32 Å². The van der Waals surface area contributed by atoms with Gasteiger partial charge in [-0.3, -0.25) is 14.9 Å². The van der Waals surface area contributed by atoms with Crippen LogP contribution in [0, 0.1) is 10.1 Å². The third kappa shape index (κ3) is 4.14. The van der Waals surface area contributed by atoms with E-state index in [1.807, 2.05) is 30.3 Å². The minimum Gasteiger partial charge on any atom is -0.325 e. The molecule has 0 aliphatic carbocycles. The molecule has 2 rings (SSSR count). The maximum atomic E-state index is 12.2. The molecule has 0 aliphatic heterocycles. The zero-order chi connectivity index (χ0) is 16.1. The standard InChI is InChI=1S/C15H12Br2N2O3/c16-13(10-4-2-1-3-5-10)14(17)15(20)18-11-6-8-12(9-7-11)19(21)22/h1-9,13-14H,(H,18,20). The van der Waals surface area contributed by atoms with Gasteiger partial charge in [0.1, 0.15) is 4.83 Å². The second-order valence-electron chi connectivity index (χ2n) is 4.51. The quantitative estimate of drug-likeness (QED) is 0.435. The van der Waals surface area contributed by atoms with E-state index in [0.29, 0.717) is 5.69 Å². The third-order valence-electron chi connectivity index (χ3n) is 2.97. The van der Waals surface area contributed by atoms with Gasteiger partial charge in [-0.15, -0.1) is 0 Å². The molecule has 0 aromatic heterocycles. The van der Waals surface area contributed by atoms with Gasteiger partial charge in [0.2, 0.25) is 5.91 Å². The molecule has 0 saturated carbocycles. The lowest BCUT2D eigenvalue weighted by Gasteiger charge is -2.17. The van der Waals surface area contributed by atoms with Gasteiger partial charge in [-0.25, -0.2) is 0 Å². The van der Waals surface area contributed by atoms with Gasteiger partial charge in [-0.2, -0.15) is 0 Å². The molecule has 2 aromatic carbocycles. The zero-order valence-electron chi connectivity index (χ0n) is 11.3. The minimum atomic E-state index is -0.483. The summed E-state index contributed by atoms with van der Waals surface area (Å²) in [4.78, 5) is 21.7. The lowest BCUT2D eigenvalue weighted by Crippen LogP contribution is -2.26. The van der Waals surface area contributed by atoms with Crippen molar-refractivity contribution < 1.29 is 9.72 Å². The number of nitrogens with zero attached hydrogens (tertiary/aromatic N) is 1. The number of nitro benzene ring substituents is 1. The predicted octanol–water partition coefficient (Wildman–Crippen LogP) is 4.43. The van der Waals surface area contributed by atoms with Crippen LogP contribution in [-0.4, -0.2) is 15.7 Å². The number of alkyl halides is 2. The molecule has 0 heterocycles. The predicted molar refractivity (Wildman–Crippen MR) is 92.6 cm³/mol. The molecule has 0 spiro atoms. The third-order valence-corrected chi connectivity index (χ3v) is 5.68. The van der Waals surface area contributed by atoms with Crippen molar-refractivity contribution in [3.8, 4) is 0 Å². The Hall–Kier alpha value is -1.73. The van der Waals surface area contributed by atoms with Crippen molar-refractivity contribution >= 4 is 49.1 Å². The number of amides is 1. The average molecular weight is 428 g/mol. The molecule has 0 fully saturated rings. The van der Waals surface area contributed by atoms with E-state index in [2.05, 4.69) is 37.2 Å². The molecule has 1 N–H and O–H groups in total. The number of anilines is 1. The van der Waals surface area contributed by atoms with Crippen LogP contribution < -0.4 is 5.32 Å². The van der Waals surface area contributed by atoms with E-state index in [-0.39, 0.29) is 16.4 Å². The Morgan fingerprint density at radius 3 is 2.18 bits per heavy atom. The van der Waals surface area contributed by atoms with Gasteiger partial charge in [0.25, 0.3) is 5.69 Å². The van der Waals surface area contributed by atoms with Gasteiger partial charge in [-0.1, -0.05) is 62.2 Å². The number of nitro groups is 1. The summed E-state index contributed by atoms with van der Waals surface area (Å²) in [6, 6.07) is 15.3. The molecule has 5 nitrogen and oxygen atoms in total. The number of nitrogens with one attached hydrogen (secondary N) is 1. The molecule has 0 aliphatic rings. The molecule has 0 radical (unpaired) electrons. The van der Waals surface area contributed by atoms with Crippen LogP contribution in [0.1, 0.15) is 10.4 Å². The lowest BCUT2D eigenvalue weighted by molar-refractivity contribution is -0.384. The molecule has 2 unspecified atom stereocenters. The summed E-state index contributed by atoms with van der Waals surface area (Å²) in [5.74, 6) is -0.236. The Morgan fingerprint density at radius 1 is 1.05 bits per heavy atom. The van der Waals surface area contributed by atoms with Crippen molar-refractivity contribution in [2.24, 2.45) is 0 Å². The highest BCUT2D eigenvalue weighted by Gasteiger charge is 2.25. The summed E-state index contributed by atoms with van der Waals surface area (Å²) in [6.07, 6.45) is 0. The van der Waals surface area contributed by atoms with Gasteiger partial charge in [0.15, 0.2) is 0 Å². The Morgan fingerprint density at radius 2 is 1.64 bits per heavy atom. The first-order chi connectivity index (χ1) is 10.5.